The van der Waals surface area contributed by atoms with Gasteiger partial charge in [-0.15, -0.1) is 10.2 Å². The van der Waals surface area contributed by atoms with Crippen LogP contribution in [0.5, 0.6) is 5.75 Å². The van der Waals surface area contributed by atoms with E-state index < -0.39 is 0 Å². The van der Waals surface area contributed by atoms with Crippen LogP contribution in [0.4, 0.5) is 0 Å². The summed E-state index contributed by atoms with van der Waals surface area (Å²) in [4.78, 5) is 0. The van der Waals surface area contributed by atoms with Crippen LogP contribution >= 0.6 is 31.9 Å². The first kappa shape index (κ1) is 13.1. The lowest BCUT2D eigenvalue weighted by Gasteiger charge is -2.05. The van der Waals surface area contributed by atoms with E-state index in [2.05, 4.69) is 49.0 Å². The Bertz CT molecular complexity index is 609. The molecule has 0 aliphatic heterocycles. The second kappa shape index (κ2) is 4.31. The molecule has 1 aliphatic carbocycles. The van der Waals surface area contributed by atoms with Crippen molar-refractivity contribution >= 4 is 31.9 Å². The highest BCUT2D eigenvalue weighted by atomic mass is 79.9. The predicted molar refractivity (Wildman–Crippen MR) is 78.8 cm³/mol. The molecule has 1 heterocycles. The minimum atomic E-state index is -0.148. The minimum Gasteiger partial charge on any atom is -0.497 e. The third-order valence-electron chi connectivity index (χ3n) is 3.49. The number of hydrogen-bond donors (Lipinski definition) is 0. The SMILES string of the molecule is COc1ccc(-c2nnc(C3(C)CC3(Br)Br)o2)cc1. The lowest BCUT2D eigenvalue weighted by Crippen LogP contribution is -2.09. The Labute approximate surface area is 127 Å². The van der Waals surface area contributed by atoms with Crippen LogP contribution in [0.25, 0.3) is 11.5 Å². The zero-order chi connectivity index (χ0) is 13.7. The van der Waals surface area contributed by atoms with Crippen molar-refractivity contribution < 1.29 is 9.15 Å². The van der Waals surface area contributed by atoms with Gasteiger partial charge in [-0.2, -0.15) is 0 Å². The molecule has 0 amide bonds. The van der Waals surface area contributed by atoms with Crippen molar-refractivity contribution in [3.8, 4) is 17.2 Å². The lowest BCUT2D eigenvalue weighted by molar-refractivity contribution is 0.414. The second-order valence-electron chi connectivity index (χ2n) is 4.85. The van der Waals surface area contributed by atoms with E-state index in [4.69, 9.17) is 9.15 Å². The number of alkyl halides is 2. The molecular formula is C13H12Br2N2O2. The molecular weight excluding hydrogens is 376 g/mol. The average molecular weight is 388 g/mol. The normalized spacial score (nSPS) is 24.2. The molecule has 1 atom stereocenters. The predicted octanol–water partition coefficient (Wildman–Crippen LogP) is 3.89. The van der Waals surface area contributed by atoms with Crippen LogP contribution in [0.1, 0.15) is 19.2 Å². The fourth-order valence-corrected chi connectivity index (χ4v) is 3.39. The smallest absolute Gasteiger partial charge is 0.247 e. The Balaban J connectivity index is 1.89. The Morgan fingerprint density at radius 2 is 1.84 bits per heavy atom. The molecule has 1 aliphatic rings. The summed E-state index contributed by atoms with van der Waals surface area (Å²) >= 11 is 7.20. The van der Waals surface area contributed by atoms with Gasteiger partial charge in [0.25, 0.3) is 0 Å². The number of ether oxygens (including phenoxy) is 1. The van der Waals surface area contributed by atoms with Crippen molar-refractivity contribution in [2.24, 2.45) is 0 Å². The van der Waals surface area contributed by atoms with Crippen molar-refractivity contribution in [1.82, 2.24) is 10.2 Å². The first-order valence-corrected chi connectivity index (χ1v) is 7.41. The molecule has 19 heavy (non-hydrogen) atoms. The number of nitrogens with zero attached hydrogens (tertiary/aromatic N) is 2. The summed E-state index contributed by atoms with van der Waals surface area (Å²) in [6.45, 7) is 2.09. The van der Waals surface area contributed by atoms with Crippen molar-refractivity contribution in [2.75, 3.05) is 7.11 Å². The van der Waals surface area contributed by atoms with Crippen LogP contribution in [0.15, 0.2) is 28.7 Å². The molecule has 1 unspecified atom stereocenters. The van der Waals surface area contributed by atoms with Gasteiger partial charge in [0.15, 0.2) is 0 Å². The van der Waals surface area contributed by atoms with Crippen LogP contribution < -0.4 is 4.74 Å². The van der Waals surface area contributed by atoms with Crippen LogP contribution in [-0.4, -0.2) is 20.5 Å². The molecule has 6 heteroatoms. The van der Waals surface area contributed by atoms with E-state index in [9.17, 15) is 0 Å². The van der Waals surface area contributed by atoms with Gasteiger partial charge in [-0.05, 0) is 37.6 Å². The zero-order valence-corrected chi connectivity index (χ0v) is 13.7. The topological polar surface area (TPSA) is 48.2 Å². The zero-order valence-electron chi connectivity index (χ0n) is 10.5. The Morgan fingerprint density at radius 3 is 2.37 bits per heavy atom. The molecule has 0 bridgehead atoms. The maximum atomic E-state index is 5.78. The Hall–Kier alpha value is -0.880. The van der Waals surface area contributed by atoms with E-state index in [1.165, 1.54) is 0 Å². The van der Waals surface area contributed by atoms with Gasteiger partial charge in [0.05, 0.1) is 15.8 Å². The van der Waals surface area contributed by atoms with Crippen molar-refractivity contribution in [3.05, 3.63) is 30.2 Å². The van der Waals surface area contributed by atoms with Gasteiger partial charge in [0, 0.05) is 5.56 Å². The number of methoxy groups -OCH3 is 1. The summed E-state index contributed by atoms with van der Waals surface area (Å²) in [6.07, 6.45) is 0.921. The highest BCUT2D eigenvalue weighted by Crippen LogP contribution is 2.66. The van der Waals surface area contributed by atoms with Crippen molar-refractivity contribution in [1.29, 1.82) is 0 Å². The maximum Gasteiger partial charge on any atom is 0.247 e. The minimum absolute atomic E-state index is 0.128. The van der Waals surface area contributed by atoms with E-state index in [1.54, 1.807) is 7.11 Å². The Kier molecular flexibility index (Phi) is 2.98. The molecule has 0 radical (unpaired) electrons. The summed E-state index contributed by atoms with van der Waals surface area (Å²) in [5, 5.41) is 8.27. The standard InChI is InChI=1S/C13H12Br2N2O2/c1-12(7-13(12,14)15)11-17-16-10(19-11)8-3-5-9(18-2)6-4-8/h3-6H,7H2,1-2H3. The molecule has 1 aromatic carbocycles. The first-order valence-electron chi connectivity index (χ1n) is 5.82. The molecule has 3 rings (SSSR count). The molecule has 100 valence electrons. The van der Waals surface area contributed by atoms with Gasteiger partial charge in [-0.1, -0.05) is 31.9 Å². The van der Waals surface area contributed by atoms with Crippen LogP contribution in [0.3, 0.4) is 0 Å². The summed E-state index contributed by atoms with van der Waals surface area (Å²) in [7, 11) is 1.64. The monoisotopic (exact) mass is 386 g/mol. The van der Waals surface area contributed by atoms with E-state index in [-0.39, 0.29) is 8.65 Å². The molecule has 0 N–H and O–H groups in total. The van der Waals surface area contributed by atoms with E-state index in [0.29, 0.717) is 11.8 Å². The van der Waals surface area contributed by atoms with Gasteiger partial charge >= 0.3 is 0 Å². The fourth-order valence-electron chi connectivity index (χ4n) is 1.93. The number of hydrogen-bond acceptors (Lipinski definition) is 4. The molecule has 1 saturated carbocycles. The largest absolute Gasteiger partial charge is 0.497 e. The second-order valence-corrected chi connectivity index (χ2v) is 8.63. The van der Waals surface area contributed by atoms with Crippen LogP contribution in [-0.2, 0) is 5.41 Å². The number of aromatic nitrogens is 2. The van der Waals surface area contributed by atoms with E-state index in [1.807, 2.05) is 24.3 Å². The van der Waals surface area contributed by atoms with Gasteiger partial charge < -0.3 is 9.15 Å². The average Bonchev–Trinajstić information content (AvgIpc) is 2.81. The number of benzene rings is 1. The third kappa shape index (κ3) is 2.10. The quantitative estimate of drug-likeness (QED) is 0.749. The van der Waals surface area contributed by atoms with Crippen molar-refractivity contribution in [2.45, 2.75) is 22.0 Å². The highest BCUT2D eigenvalue weighted by molar-refractivity contribution is 9.25. The molecule has 0 saturated heterocycles. The summed E-state index contributed by atoms with van der Waals surface area (Å²) in [5.74, 6) is 1.98. The van der Waals surface area contributed by atoms with Crippen molar-refractivity contribution in [3.63, 3.8) is 0 Å². The molecule has 2 aromatic rings. The summed E-state index contributed by atoms with van der Waals surface area (Å²) < 4.78 is 10.8. The fraction of sp³-hybridized carbons (Fsp3) is 0.385. The van der Waals surface area contributed by atoms with E-state index in [0.717, 1.165) is 17.7 Å². The maximum absolute atomic E-state index is 5.78. The van der Waals surface area contributed by atoms with E-state index >= 15 is 0 Å². The molecule has 1 aromatic heterocycles. The highest BCUT2D eigenvalue weighted by Gasteiger charge is 2.66. The van der Waals surface area contributed by atoms with Gasteiger partial charge in [-0.3, -0.25) is 0 Å². The number of rotatable bonds is 3. The summed E-state index contributed by atoms with van der Waals surface area (Å²) in [6, 6.07) is 7.55. The number of halogens is 2. The van der Waals surface area contributed by atoms with Gasteiger partial charge in [0.2, 0.25) is 11.8 Å². The molecule has 0 spiro atoms. The molecule has 4 nitrogen and oxygen atoms in total. The van der Waals surface area contributed by atoms with Crippen LogP contribution in [0, 0.1) is 0 Å². The Morgan fingerprint density at radius 1 is 1.21 bits per heavy atom. The molecule has 1 fully saturated rings. The van der Waals surface area contributed by atoms with Crippen LogP contribution in [0.2, 0.25) is 0 Å². The van der Waals surface area contributed by atoms with Gasteiger partial charge in [-0.25, -0.2) is 0 Å². The first-order chi connectivity index (χ1) is 8.96. The lowest BCUT2D eigenvalue weighted by atomic mass is 10.1. The van der Waals surface area contributed by atoms with Gasteiger partial charge in [0.1, 0.15) is 5.75 Å². The summed E-state index contributed by atoms with van der Waals surface area (Å²) in [5.41, 5.74) is 0.739. The third-order valence-corrected chi connectivity index (χ3v) is 5.80.